The topological polar surface area (TPSA) is 26.3 Å². The summed E-state index contributed by atoms with van der Waals surface area (Å²) in [5, 5.41) is 0.488. The number of carbonyl (C=O) groups excluding carboxylic acids is 1. The van der Waals surface area contributed by atoms with E-state index >= 15 is 0 Å². The summed E-state index contributed by atoms with van der Waals surface area (Å²) in [6.45, 7) is 3.85. The average molecular weight is 354 g/mol. The molecule has 0 aromatic heterocycles. The van der Waals surface area contributed by atoms with Gasteiger partial charge in [-0.2, -0.15) is 0 Å². The fourth-order valence-electron chi connectivity index (χ4n) is 1.85. The lowest BCUT2D eigenvalue weighted by Crippen LogP contribution is -2.13. The van der Waals surface area contributed by atoms with Crippen LogP contribution in [0, 0.1) is 13.8 Å². The fraction of sp³-hybridized carbons (Fsp3) is 0.188. The summed E-state index contributed by atoms with van der Waals surface area (Å²) in [5.74, 6) is 0.446. The third-order valence-corrected chi connectivity index (χ3v) is 3.75. The molecule has 0 aliphatic heterocycles. The molecule has 0 saturated carbocycles. The zero-order valence-corrected chi connectivity index (χ0v) is 13.6. The SMILES string of the molecule is Cc1ccc(C)c(C(=O)COc2cc(Br)ccc2Cl)c1. The summed E-state index contributed by atoms with van der Waals surface area (Å²) >= 11 is 9.37. The Bertz CT molecular complexity index is 653. The summed E-state index contributed by atoms with van der Waals surface area (Å²) < 4.78 is 6.37. The first-order chi connectivity index (χ1) is 9.47. The first-order valence-corrected chi connectivity index (χ1v) is 7.33. The molecule has 0 spiro atoms. The standard InChI is InChI=1S/C16H14BrClO2/c1-10-3-4-11(2)13(7-10)15(19)9-20-16-8-12(17)5-6-14(16)18/h3-8H,9H2,1-2H3. The van der Waals surface area contributed by atoms with Gasteiger partial charge in [0.2, 0.25) is 0 Å². The molecule has 0 heterocycles. The van der Waals surface area contributed by atoms with E-state index in [0.29, 0.717) is 16.3 Å². The van der Waals surface area contributed by atoms with Gasteiger partial charge in [-0.05, 0) is 43.7 Å². The van der Waals surface area contributed by atoms with Crippen LogP contribution in [0.5, 0.6) is 5.75 Å². The van der Waals surface area contributed by atoms with E-state index < -0.39 is 0 Å². The van der Waals surface area contributed by atoms with Crippen molar-refractivity contribution in [3.05, 3.63) is 62.6 Å². The van der Waals surface area contributed by atoms with Gasteiger partial charge < -0.3 is 4.74 Å². The summed E-state index contributed by atoms with van der Waals surface area (Å²) in [5.41, 5.74) is 2.69. The van der Waals surface area contributed by atoms with Crippen molar-refractivity contribution >= 4 is 33.3 Å². The first kappa shape index (κ1) is 15.1. The highest BCUT2D eigenvalue weighted by atomic mass is 79.9. The van der Waals surface area contributed by atoms with Gasteiger partial charge in [0.05, 0.1) is 5.02 Å². The second kappa shape index (κ2) is 6.42. The van der Waals surface area contributed by atoms with Crippen molar-refractivity contribution in [3.8, 4) is 5.75 Å². The molecule has 2 nitrogen and oxygen atoms in total. The molecule has 0 atom stereocenters. The number of benzene rings is 2. The highest BCUT2D eigenvalue weighted by Gasteiger charge is 2.11. The van der Waals surface area contributed by atoms with Crippen LogP contribution in [0.1, 0.15) is 21.5 Å². The van der Waals surface area contributed by atoms with E-state index in [0.717, 1.165) is 15.6 Å². The van der Waals surface area contributed by atoms with Crippen molar-refractivity contribution in [1.82, 2.24) is 0 Å². The van der Waals surface area contributed by atoms with Gasteiger partial charge in [-0.3, -0.25) is 4.79 Å². The van der Waals surface area contributed by atoms with Gasteiger partial charge >= 0.3 is 0 Å². The first-order valence-electron chi connectivity index (χ1n) is 6.15. The molecule has 20 heavy (non-hydrogen) atoms. The second-order valence-electron chi connectivity index (χ2n) is 4.60. The van der Waals surface area contributed by atoms with Gasteiger partial charge in [-0.1, -0.05) is 45.2 Å². The maximum atomic E-state index is 12.2. The Labute approximate surface area is 131 Å². The number of hydrogen-bond donors (Lipinski definition) is 0. The van der Waals surface area contributed by atoms with Gasteiger partial charge in [0.25, 0.3) is 0 Å². The number of rotatable bonds is 4. The van der Waals surface area contributed by atoms with E-state index in [4.69, 9.17) is 16.3 Å². The molecule has 0 fully saturated rings. The van der Waals surface area contributed by atoms with Crippen LogP contribution in [0.25, 0.3) is 0 Å². The minimum Gasteiger partial charge on any atom is -0.484 e. The van der Waals surface area contributed by atoms with E-state index in [9.17, 15) is 4.79 Å². The lowest BCUT2D eigenvalue weighted by atomic mass is 10.0. The lowest BCUT2D eigenvalue weighted by molar-refractivity contribution is 0.0921. The summed E-state index contributed by atoms with van der Waals surface area (Å²) in [4.78, 5) is 12.2. The van der Waals surface area contributed by atoms with Crippen molar-refractivity contribution in [2.75, 3.05) is 6.61 Å². The Hall–Kier alpha value is -1.32. The van der Waals surface area contributed by atoms with Crippen LogP contribution in [0.15, 0.2) is 40.9 Å². The number of ketones is 1. The lowest BCUT2D eigenvalue weighted by Gasteiger charge is -2.10. The molecule has 0 unspecified atom stereocenters. The predicted molar refractivity (Wildman–Crippen MR) is 84.9 cm³/mol. The molecule has 0 aliphatic carbocycles. The van der Waals surface area contributed by atoms with Crippen LogP contribution in [-0.2, 0) is 0 Å². The Balaban J connectivity index is 2.12. The third kappa shape index (κ3) is 3.62. The van der Waals surface area contributed by atoms with Crippen molar-refractivity contribution in [1.29, 1.82) is 0 Å². The third-order valence-electron chi connectivity index (χ3n) is 2.95. The number of ether oxygens (including phenoxy) is 1. The van der Waals surface area contributed by atoms with E-state index in [1.165, 1.54) is 0 Å². The summed E-state index contributed by atoms with van der Waals surface area (Å²) in [6.07, 6.45) is 0. The molecule has 0 radical (unpaired) electrons. The molecule has 0 amide bonds. The van der Waals surface area contributed by atoms with Crippen molar-refractivity contribution in [2.45, 2.75) is 13.8 Å². The van der Waals surface area contributed by atoms with Crippen molar-refractivity contribution in [3.63, 3.8) is 0 Å². The smallest absolute Gasteiger partial charge is 0.200 e. The molecule has 104 valence electrons. The molecule has 4 heteroatoms. The Morgan fingerprint density at radius 1 is 1.20 bits per heavy atom. The number of aryl methyl sites for hydroxylation is 2. The van der Waals surface area contributed by atoms with Crippen LogP contribution in [0.2, 0.25) is 5.02 Å². The van der Waals surface area contributed by atoms with E-state index in [2.05, 4.69) is 15.9 Å². The quantitative estimate of drug-likeness (QED) is 0.725. The number of Topliss-reactive ketones (excluding diaryl/α,β-unsaturated/α-hetero) is 1. The summed E-state index contributed by atoms with van der Waals surface area (Å²) in [7, 11) is 0. The molecule has 2 aromatic carbocycles. The maximum absolute atomic E-state index is 12.2. The normalized spacial score (nSPS) is 10.4. The van der Waals surface area contributed by atoms with Crippen molar-refractivity contribution in [2.24, 2.45) is 0 Å². The number of halogens is 2. The van der Waals surface area contributed by atoms with Crippen LogP contribution >= 0.6 is 27.5 Å². The largest absolute Gasteiger partial charge is 0.484 e. The Morgan fingerprint density at radius 2 is 1.95 bits per heavy atom. The number of carbonyl (C=O) groups is 1. The molecule has 2 aromatic rings. The van der Waals surface area contributed by atoms with Crippen molar-refractivity contribution < 1.29 is 9.53 Å². The van der Waals surface area contributed by atoms with Gasteiger partial charge in [-0.25, -0.2) is 0 Å². The van der Waals surface area contributed by atoms with Gasteiger partial charge in [0, 0.05) is 10.0 Å². The predicted octanol–water partition coefficient (Wildman–Crippen LogP) is 4.98. The fourth-order valence-corrected chi connectivity index (χ4v) is 2.36. The second-order valence-corrected chi connectivity index (χ2v) is 5.93. The molecule has 0 bridgehead atoms. The molecule has 0 saturated heterocycles. The monoisotopic (exact) mass is 352 g/mol. The zero-order chi connectivity index (χ0) is 14.7. The zero-order valence-electron chi connectivity index (χ0n) is 11.2. The van der Waals surface area contributed by atoms with E-state index in [-0.39, 0.29) is 12.4 Å². The minimum absolute atomic E-state index is 0.0273. The number of hydrogen-bond acceptors (Lipinski definition) is 2. The van der Waals surface area contributed by atoms with Crippen LogP contribution in [0.4, 0.5) is 0 Å². The van der Waals surface area contributed by atoms with E-state index in [1.54, 1.807) is 12.1 Å². The average Bonchev–Trinajstić information content (AvgIpc) is 2.42. The Morgan fingerprint density at radius 3 is 2.70 bits per heavy atom. The highest BCUT2D eigenvalue weighted by Crippen LogP contribution is 2.28. The van der Waals surface area contributed by atoms with Gasteiger partial charge in [0.15, 0.2) is 12.4 Å². The molecule has 2 rings (SSSR count). The Kier molecular flexibility index (Phi) is 4.84. The van der Waals surface area contributed by atoms with E-state index in [1.807, 2.05) is 38.1 Å². The molecular weight excluding hydrogens is 340 g/mol. The van der Waals surface area contributed by atoms with Crippen LogP contribution in [-0.4, -0.2) is 12.4 Å². The van der Waals surface area contributed by atoms with Gasteiger partial charge in [0.1, 0.15) is 5.75 Å². The van der Waals surface area contributed by atoms with Crippen LogP contribution < -0.4 is 4.74 Å². The highest BCUT2D eigenvalue weighted by molar-refractivity contribution is 9.10. The molecular formula is C16H14BrClO2. The molecule has 0 N–H and O–H groups in total. The summed E-state index contributed by atoms with van der Waals surface area (Å²) in [6, 6.07) is 11.1. The maximum Gasteiger partial charge on any atom is 0.200 e. The van der Waals surface area contributed by atoms with Gasteiger partial charge in [-0.15, -0.1) is 0 Å². The van der Waals surface area contributed by atoms with Crippen LogP contribution in [0.3, 0.4) is 0 Å². The molecule has 0 aliphatic rings. The minimum atomic E-state index is -0.0535.